The Morgan fingerprint density at radius 3 is 2.68 bits per heavy atom. The molecular formula is C18H10BrCl2N3S. The van der Waals surface area contributed by atoms with Gasteiger partial charge in [-0.3, -0.25) is 0 Å². The highest BCUT2D eigenvalue weighted by Gasteiger charge is 2.10. The molecule has 0 aliphatic rings. The predicted molar refractivity (Wildman–Crippen MR) is 109 cm³/mol. The van der Waals surface area contributed by atoms with Gasteiger partial charge in [-0.25, -0.2) is 4.98 Å². The minimum Gasteiger partial charge on any atom is -0.359 e. The zero-order chi connectivity index (χ0) is 17.8. The van der Waals surface area contributed by atoms with Crippen LogP contribution in [-0.4, -0.2) is 4.98 Å². The Morgan fingerprint density at radius 1 is 1.20 bits per heavy atom. The van der Waals surface area contributed by atoms with E-state index in [0.29, 0.717) is 26.3 Å². The summed E-state index contributed by atoms with van der Waals surface area (Å²) in [5.74, 6) is 0. The van der Waals surface area contributed by atoms with Crippen LogP contribution in [0.1, 0.15) is 5.01 Å². The Bertz CT molecular complexity index is 975. The quantitative estimate of drug-likeness (QED) is 0.441. The van der Waals surface area contributed by atoms with Gasteiger partial charge in [0.2, 0.25) is 0 Å². The third-order valence-electron chi connectivity index (χ3n) is 3.32. The first-order valence-electron chi connectivity index (χ1n) is 7.11. The van der Waals surface area contributed by atoms with Gasteiger partial charge in [0.05, 0.1) is 21.4 Å². The van der Waals surface area contributed by atoms with E-state index in [1.165, 1.54) is 11.3 Å². The minimum atomic E-state index is 0.410. The van der Waals surface area contributed by atoms with Crippen molar-refractivity contribution in [3.63, 3.8) is 0 Å². The number of rotatable bonds is 4. The number of nitrogens with one attached hydrogen (secondary N) is 1. The summed E-state index contributed by atoms with van der Waals surface area (Å²) in [6, 6.07) is 15.3. The SMILES string of the molecule is N#C/C(=C/Nc1cccc(Cl)c1Cl)c1nc(-c2ccc(Br)cc2)cs1. The van der Waals surface area contributed by atoms with Crippen molar-refractivity contribution in [2.24, 2.45) is 0 Å². The lowest BCUT2D eigenvalue weighted by atomic mass is 10.2. The first-order valence-corrected chi connectivity index (χ1v) is 9.54. The lowest BCUT2D eigenvalue weighted by Gasteiger charge is -2.05. The molecule has 0 spiro atoms. The number of aromatic nitrogens is 1. The van der Waals surface area contributed by atoms with E-state index in [4.69, 9.17) is 23.2 Å². The average Bonchev–Trinajstić information content (AvgIpc) is 3.09. The summed E-state index contributed by atoms with van der Waals surface area (Å²) in [6.45, 7) is 0. The highest BCUT2D eigenvalue weighted by atomic mass is 79.9. The summed E-state index contributed by atoms with van der Waals surface area (Å²) >= 11 is 17.0. The minimum absolute atomic E-state index is 0.410. The van der Waals surface area contributed by atoms with Crippen molar-refractivity contribution in [1.82, 2.24) is 4.98 Å². The Morgan fingerprint density at radius 2 is 1.96 bits per heavy atom. The van der Waals surface area contributed by atoms with Crippen LogP contribution in [-0.2, 0) is 0 Å². The third-order valence-corrected chi connectivity index (χ3v) is 5.54. The Balaban J connectivity index is 1.85. The average molecular weight is 451 g/mol. The zero-order valence-electron chi connectivity index (χ0n) is 12.6. The van der Waals surface area contributed by atoms with Gasteiger partial charge in [-0.05, 0) is 24.3 Å². The number of allylic oxidation sites excluding steroid dienone is 1. The van der Waals surface area contributed by atoms with Crippen LogP contribution in [0.2, 0.25) is 10.0 Å². The number of hydrogen-bond donors (Lipinski definition) is 1. The van der Waals surface area contributed by atoms with Crippen molar-refractivity contribution in [1.29, 1.82) is 5.26 Å². The highest BCUT2D eigenvalue weighted by molar-refractivity contribution is 9.10. The van der Waals surface area contributed by atoms with E-state index in [2.05, 4.69) is 32.3 Å². The number of hydrogen-bond acceptors (Lipinski definition) is 4. The molecular weight excluding hydrogens is 441 g/mol. The van der Waals surface area contributed by atoms with Crippen LogP contribution in [0.25, 0.3) is 16.8 Å². The molecule has 0 bridgehead atoms. The zero-order valence-corrected chi connectivity index (χ0v) is 16.5. The Kier molecular flexibility index (Phi) is 5.77. The molecule has 0 atom stereocenters. The lowest BCUT2D eigenvalue weighted by Crippen LogP contribution is -1.92. The van der Waals surface area contributed by atoms with Gasteiger partial charge in [-0.15, -0.1) is 11.3 Å². The second kappa shape index (κ2) is 8.03. The smallest absolute Gasteiger partial charge is 0.136 e. The van der Waals surface area contributed by atoms with Gasteiger partial charge >= 0.3 is 0 Å². The molecule has 0 fully saturated rings. The third kappa shape index (κ3) is 4.23. The van der Waals surface area contributed by atoms with Crippen LogP contribution >= 0.6 is 50.5 Å². The molecule has 3 rings (SSSR count). The highest BCUT2D eigenvalue weighted by Crippen LogP contribution is 2.31. The van der Waals surface area contributed by atoms with E-state index in [9.17, 15) is 5.26 Å². The number of anilines is 1. The Labute approximate surface area is 167 Å². The van der Waals surface area contributed by atoms with E-state index in [0.717, 1.165) is 15.7 Å². The number of thiazole rings is 1. The molecule has 3 aromatic rings. The molecule has 0 unspecified atom stereocenters. The van der Waals surface area contributed by atoms with Gasteiger partial charge < -0.3 is 5.32 Å². The largest absolute Gasteiger partial charge is 0.359 e. The van der Waals surface area contributed by atoms with Gasteiger partial charge in [0.1, 0.15) is 16.6 Å². The second-order valence-corrected chi connectivity index (χ2v) is 7.52. The van der Waals surface area contributed by atoms with Gasteiger partial charge in [0.25, 0.3) is 0 Å². The fourth-order valence-corrected chi connectivity index (χ4v) is 3.47. The van der Waals surface area contributed by atoms with Crippen LogP contribution in [0.5, 0.6) is 0 Å². The van der Waals surface area contributed by atoms with Crippen LogP contribution in [0, 0.1) is 11.3 Å². The van der Waals surface area contributed by atoms with Crippen molar-refractivity contribution < 1.29 is 0 Å². The van der Waals surface area contributed by atoms with E-state index >= 15 is 0 Å². The molecule has 0 aliphatic heterocycles. The van der Waals surface area contributed by atoms with Crippen molar-refractivity contribution >= 4 is 61.7 Å². The number of benzene rings is 2. The summed E-state index contributed by atoms with van der Waals surface area (Å²) in [5.41, 5.74) is 2.87. The fourth-order valence-electron chi connectivity index (χ4n) is 2.06. The molecule has 0 aliphatic carbocycles. The molecule has 7 heteroatoms. The van der Waals surface area contributed by atoms with Gasteiger partial charge in [0, 0.05) is 21.6 Å². The molecule has 2 aromatic carbocycles. The maximum atomic E-state index is 9.44. The molecule has 0 saturated carbocycles. The predicted octanol–water partition coefficient (Wildman–Crippen LogP) is 6.86. The topological polar surface area (TPSA) is 48.7 Å². The van der Waals surface area contributed by atoms with Crippen LogP contribution in [0.4, 0.5) is 5.69 Å². The van der Waals surface area contributed by atoms with Crippen LogP contribution < -0.4 is 5.32 Å². The maximum Gasteiger partial charge on any atom is 0.136 e. The summed E-state index contributed by atoms with van der Waals surface area (Å²) in [7, 11) is 0. The Hall–Kier alpha value is -1.84. The van der Waals surface area contributed by atoms with Crippen molar-refractivity contribution in [3.05, 3.63) is 73.6 Å². The van der Waals surface area contributed by atoms with E-state index in [1.54, 1.807) is 24.4 Å². The molecule has 25 heavy (non-hydrogen) atoms. The molecule has 0 amide bonds. The summed E-state index contributed by atoms with van der Waals surface area (Å²) in [5, 5.41) is 15.9. The number of nitriles is 1. The van der Waals surface area contributed by atoms with Gasteiger partial charge in [-0.2, -0.15) is 5.26 Å². The number of nitrogens with zero attached hydrogens (tertiary/aromatic N) is 2. The molecule has 1 aromatic heterocycles. The van der Waals surface area contributed by atoms with Gasteiger partial charge in [-0.1, -0.05) is 57.3 Å². The van der Waals surface area contributed by atoms with Crippen molar-refractivity contribution in [2.75, 3.05) is 5.32 Å². The molecule has 1 heterocycles. The van der Waals surface area contributed by atoms with Gasteiger partial charge in [0.15, 0.2) is 0 Å². The first-order chi connectivity index (χ1) is 12.1. The first kappa shape index (κ1) is 18.0. The second-order valence-electron chi connectivity index (χ2n) is 4.96. The standard InChI is InChI=1S/C18H10BrCl2N3S/c19-13-6-4-11(5-7-13)16-10-25-18(24-16)12(8-22)9-23-15-3-1-2-14(20)17(15)21/h1-7,9-10,23H/b12-9-. The molecule has 1 N–H and O–H groups in total. The fraction of sp³-hybridized carbons (Fsp3) is 0. The molecule has 0 saturated heterocycles. The summed E-state index contributed by atoms with van der Waals surface area (Å²) in [4.78, 5) is 4.55. The van der Waals surface area contributed by atoms with Crippen molar-refractivity contribution in [3.8, 4) is 17.3 Å². The molecule has 0 radical (unpaired) electrons. The summed E-state index contributed by atoms with van der Waals surface area (Å²) in [6.07, 6.45) is 1.59. The monoisotopic (exact) mass is 449 g/mol. The van der Waals surface area contributed by atoms with Crippen LogP contribution in [0.3, 0.4) is 0 Å². The van der Waals surface area contributed by atoms with E-state index < -0.39 is 0 Å². The van der Waals surface area contributed by atoms with E-state index in [1.807, 2.05) is 29.6 Å². The summed E-state index contributed by atoms with van der Waals surface area (Å²) < 4.78 is 1.01. The molecule has 3 nitrogen and oxygen atoms in total. The van der Waals surface area contributed by atoms with Crippen molar-refractivity contribution in [2.45, 2.75) is 0 Å². The normalized spacial score (nSPS) is 11.2. The van der Waals surface area contributed by atoms with E-state index in [-0.39, 0.29) is 0 Å². The maximum absolute atomic E-state index is 9.44. The molecule has 124 valence electrons. The lowest BCUT2D eigenvalue weighted by molar-refractivity contribution is 1.36. The van der Waals surface area contributed by atoms with Crippen LogP contribution in [0.15, 0.2) is 58.5 Å². The number of halogens is 3.